The lowest BCUT2D eigenvalue weighted by Gasteiger charge is -2.14. The topological polar surface area (TPSA) is 64.0 Å². The van der Waals surface area contributed by atoms with Gasteiger partial charge < -0.3 is 5.32 Å². The fraction of sp³-hybridized carbons (Fsp3) is 0.389. The molecule has 0 spiro atoms. The highest BCUT2D eigenvalue weighted by molar-refractivity contribution is 5.99. The van der Waals surface area contributed by atoms with Crippen molar-refractivity contribution in [1.29, 1.82) is 0 Å². The molecule has 1 aliphatic rings. The Kier molecular flexibility index (Phi) is 5.03. The maximum atomic E-state index is 12.9. The molecule has 0 unspecified atom stereocenters. The van der Waals surface area contributed by atoms with Gasteiger partial charge in [0.15, 0.2) is 5.78 Å². The molecule has 126 valence electrons. The van der Waals surface area contributed by atoms with E-state index in [-0.39, 0.29) is 30.3 Å². The average molecular weight is 329 g/mol. The molecule has 2 aromatic rings. The van der Waals surface area contributed by atoms with E-state index in [9.17, 15) is 14.0 Å². The van der Waals surface area contributed by atoms with E-state index in [0.29, 0.717) is 17.4 Å². The highest BCUT2D eigenvalue weighted by Gasteiger charge is 2.20. The summed E-state index contributed by atoms with van der Waals surface area (Å²) in [5, 5.41) is 7.13. The van der Waals surface area contributed by atoms with Crippen molar-refractivity contribution in [3.05, 3.63) is 47.9 Å². The summed E-state index contributed by atoms with van der Waals surface area (Å²) >= 11 is 0. The molecule has 1 aromatic carbocycles. The van der Waals surface area contributed by atoms with Crippen LogP contribution < -0.4 is 5.32 Å². The summed E-state index contributed by atoms with van der Waals surface area (Å²) in [6.07, 6.45) is 6.38. The number of halogens is 1. The summed E-state index contributed by atoms with van der Waals surface area (Å²) in [6.45, 7) is 0. The van der Waals surface area contributed by atoms with Gasteiger partial charge >= 0.3 is 0 Å². The Labute approximate surface area is 139 Å². The minimum Gasteiger partial charge on any atom is -0.311 e. The van der Waals surface area contributed by atoms with E-state index in [2.05, 4.69) is 10.4 Å². The lowest BCUT2D eigenvalue weighted by atomic mass is 10.1. The molecule has 1 aliphatic carbocycles. The van der Waals surface area contributed by atoms with E-state index < -0.39 is 0 Å². The molecule has 0 aliphatic heterocycles. The number of anilines is 1. The minimum atomic E-state index is -0.385. The van der Waals surface area contributed by atoms with Gasteiger partial charge in [0.05, 0.1) is 12.2 Å². The number of hydrogen-bond donors (Lipinski definition) is 1. The van der Waals surface area contributed by atoms with Crippen LogP contribution in [0.25, 0.3) is 0 Å². The molecule has 6 heteroatoms. The van der Waals surface area contributed by atoms with Gasteiger partial charge in [-0.3, -0.25) is 9.59 Å². The first-order chi connectivity index (χ1) is 11.6. The van der Waals surface area contributed by atoms with E-state index in [4.69, 9.17) is 0 Å². The van der Waals surface area contributed by atoms with Gasteiger partial charge in [0.2, 0.25) is 5.91 Å². The van der Waals surface area contributed by atoms with Gasteiger partial charge in [-0.05, 0) is 37.1 Å². The monoisotopic (exact) mass is 329 g/mol. The van der Waals surface area contributed by atoms with Gasteiger partial charge in [0.25, 0.3) is 0 Å². The zero-order valence-corrected chi connectivity index (χ0v) is 13.4. The summed E-state index contributed by atoms with van der Waals surface area (Å²) in [4.78, 5) is 24.1. The SMILES string of the molecule is O=C(CCC(=O)c1ccc(F)cc1)Nc1ccnn1C1CCCC1. The fourth-order valence-corrected chi connectivity index (χ4v) is 3.07. The van der Waals surface area contributed by atoms with Crippen molar-refractivity contribution in [3.63, 3.8) is 0 Å². The van der Waals surface area contributed by atoms with Crippen LogP contribution in [0.4, 0.5) is 10.2 Å². The Morgan fingerprint density at radius 1 is 1.12 bits per heavy atom. The zero-order chi connectivity index (χ0) is 16.9. The van der Waals surface area contributed by atoms with E-state index in [1.54, 1.807) is 12.3 Å². The number of hydrogen-bond acceptors (Lipinski definition) is 3. The molecule has 0 saturated heterocycles. The van der Waals surface area contributed by atoms with Crippen molar-refractivity contribution in [1.82, 2.24) is 9.78 Å². The first-order valence-corrected chi connectivity index (χ1v) is 8.25. The zero-order valence-electron chi connectivity index (χ0n) is 13.4. The number of nitrogens with zero attached hydrogens (tertiary/aromatic N) is 2. The van der Waals surface area contributed by atoms with Crippen LogP contribution in [0, 0.1) is 5.82 Å². The lowest BCUT2D eigenvalue weighted by molar-refractivity contribution is -0.116. The van der Waals surface area contributed by atoms with Crippen molar-refractivity contribution in [2.24, 2.45) is 0 Å². The number of aromatic nitrogens is 2. The van der Waals surface area contributed by atoms with Gasteiger partial charge in [0, 0.05) is 24.5 Å². The highest BCUT2D eigenvalue weighted by atomic mass is 19.1. The fourth-order valence-electron chi connectivity index (χ4n) is 3.07. The van der Waals surface area contributed by atoms with E-state index in [1.807, 2.05) is 4.68 Å². The first-order valence-electron chi connectivity index (χ1n) is 8.25. The molecule has 5 nitrogen and oxygen atoms in total. The number of carbonyl (C=O) groups is 2. The van der Waals surface area contributed by atoms with Crippen LogP contribution in [-0.2, 0) is 4.79 Å². The quantitative estimate of drug-likeness (QED) is 0.821. The van der Waals surface area contributed by atoms with Gasteiger partial charge in [-0.2, -0.15) is 5.10 Å². The Morgan fingerprint density at radius 2 is 1.83 bits per heavy atom. The third-order valence-electron chi connectivity index (χ3n) is 4.35. The second-order valence-electron chi connectivity index (χ2n) is 6.08. The molecule has 24 heavy (non-hydrogen) atoms. The number of amides is 1. The highest BCUT2D eigenvalue weighted by Crippen LogP contribution is 2.31. The summed E-state index contributed by atoms with van der Waals surface area (Å²) in [5.74, 6) is -0.0924. The molecule has 1 fully saturated rings. The van der Waals surface area contributed by atoms with Crippen molar-refractivity contribution in [3.8, 4) is 0 Å². The maximum Gasteiger partial charge on any atom is 0.225 e. The van der Waals surface area contributed by atoms with Crippen LogP contribution in [0.1, 0.15) is 54.9 Å². The van der Waals surface area contributed by atoms with Gasteiger partial charge in [-0.1, -0.05) is 12.8 Å². The summed E-state index contributed by atoms with van der Waals surface area (Å²) in [6, 6.07) is 7.48. The molecule has 1 saturated carbocycles. The van der Waals surface area contributed by atoms with Crippen molar-refractivity contribution in [2.45, 2.75) is 44.6 Å². The summed E-state index contributed by atoms with van der Waals surface area (Å²) < 4.78 is 14.7. The van der Waals surface area contributed by atoms with Crippen LogP contribution in [0.2, 0.25) is 0 Å². The molecule has 1 heterocycles. The van der Waals surface area contributed by atoms with Gasteiger partial charge in [-0.25, -0.2) is 9.07 Å². The average Bonchev–Trinajstić information content (AvgIpc) is 3.24. The number of carbonyl (C=O) groups excluding carboxylic acids is 2. The van der Waals surface area contributed by atoms with E-state index >= 15 is 0 Å². The molecule has 0 radical (unpaired) electrons. The first kappa shape index (κ1) is 16.4. The molecule has 0 atom stereocenters. The van der Waals surface area contributed by atoms with Crippen LogP contribution in [0.15, 0.2) is 36.5 Å². The van der Waals surface area contributed by atoms with Crippen molar-refractivity contribution < 1.29 is 14.0 Å². The van der Waals surface area contributed by atoms with Crippen molar-refractivity contribution in [2.75, 3.05) is 5.32 Å². The van der Waals surface area contributed by atoms with Crippen LogP contribution >= 0.6 is 0 Å². The second-order valence-corrected chi connectivity index (χ2v) is 6.08. The number of ketones is 1. The van der Waals surface area contributed by atoms with E-state index in [1.165, 1.54) is 37.1 Å². The third kappa shape index (κ3) is 3.88. The standard InChI is InChI=1S/C18H20FN3O2/c19-14-7-5-13(6-8-14)16(23)9-10-18(24)21-17-11-12-20-22(17)15-3-1-2-4-15/h5-8,11-12,15H,1-4,9-10H2,(H,21,24). The summed E-state index contributed by atoms with van der Waals surface area (Å²) in [5.41, 5.74) is 0.417. The molecule has 0 bridgehead atoms. The maximum absolute atomic E-state index is 12.9. The van der Waals surface area contributed by atoms with E-state index in [0.717, 1.165) is 12.8 Å². The largest absolute Gasteiger partial charge is 0.311 e. The third-order valence-corrected chi connectivity index (χ3v) is 4.35. The molecule has 3 rings (SSSR count). The predicted octanol–water partition coefficient (Wildman–Crippen LogP) is 3.74. The molecule has 1 aromatic heterocycles. The normalized spacial score (nSPS) is 14.7. The Hall–Kier alpha value is -2.50. The smallest absolute Gasteiger partial charge is 0.225 e. The minimum absolute atomic E-state index is 0.0893. The number of nitrogens with one attached hydrogen (secondary N) is 1. The summed E-state index contributed by atoms with van der Waals surface area (Å²) in [7, 11) is 0. The lowest BCUT2D eigenvalue weighted by Crippen LogP contribution is -2.18. The Bertz CT molecular complexity index is 718. The predicted molar refractivity (Wildman–Crippen MR) is 88.3 cm³/mol. The van der Waals surface area contributed by atoms with Gasteiger partial charge in [-0.15, -0.1) is 0 Å². The number of rotatable bonds is 6. The molecule has 1 N–H and O–H groups in total. The molecular weight excluding hydrogens is 309 g/mol. The number of Topliss-reactive ketones (excluding diaryl/α,β-unsaturated/α-hetero) is 1. The van der Waals surface area contributed by atoms with Crippen molar-refractivity contribution >= 4 is 17.5 Å². The van der Waals surface area contributed by atoms with Crippen LogP contribution in [0.3, 0.4) is 0 Å². The van der Waals surface area contributed by atoms with Crippen LogP contribution in [0.5, 0.6) is 0 Å². The van der Waals surface area contributed by atoms with Gasteiger partial charge in [0.1, 0.15) is 11.6 Å². The number of benzene rings is 1. The Morgan fingerprint density at radius 3 is 2.54 bits per heavy atom. The molecular formula is C18H20FN3O2. The second kappa shape index (κ2) is 7.38. The Balaban J connectivity index is 1.53. The molecule has 1 amide bonds. The van der Waals surface area contributed by atoms with Crippen LogP contribution in [-0.4, -0.2) is 21.5 Å².